The number of carbonyl (C=O) groups is 2. The molecule has 2 amide bonds. The van der Waals surface area contributed by atoms with Crippen LogP contribution in [0.5, 0.6) is 0 Å². The van der Waals surface area contributed by atoms with Crippen molar-refractivity contribution in [1.82, 2.24) is 9.80 Å². The first kappa shape index (κ1) is 19.1. The van der Waals surface area contributed by atoms with Crippen molar-refractivity contribution in [3.05, 3.63) is 71.5 Å². The lowest BCUT2D eigenvalue weighted by atomic mass is 9.83. The molecule has 1 aliphatic rings. The average Bonchev–Trinajstić information content (AvgIpc) is 2.68. The molecular weight excluding hydrogens is 343 g/mol. The third kappa shape index (κ3) is 4.35. The van der Waals surface area contributed by atoms with Gasteiger partial charge in [0.1, 0.15) is 5.82 Å². The molecule has 0 unspecified atom stereocenters. The van der Waals surface area contributed by atoms with Crippen LogP contribution in [-0.2, 0) is 21.4 Å². The Balaban J connectivity index is 1.58. The predicted octanol–water partition coefficient (Wildman–Crippen LogP) is 3.02. The van der Waals surface area contributed by atoms with Crippen LogP contribution in [0.25, 0.3) is 0 Å². The van der Waals surface area contributed by atoms with Crippen molar-refractivity contribution in [3.63, 3.8) is 0 Å². The van der Waals surface area contributed by atoms with Crippen molar-refractivity contribution in [2.75, 3.05) is 26.2 Å². The minimum atomic E-state index is -0.602. The van der Waals surface area contributed by atoms with Crippen molar-refractivity contribution in [3.8, 4) is 0 Å². The molecular formula is C22H25FN2O2. The van der Waals surface area contributed by atoms with E-state index in [2.05, 4.69) is 0 Å². The summed E-state index contributed by atoms with van der Waals surface area (Å²) in [6.45, 7) is 5.92. The van der Waals surface area contributed by atoms with Crippen LogP contribution in [0, 0.1) is 5.82 Å². The molecule has 2 aromatic rings. The summed E-state index contributed by atoms with van der Waals surface area (Å²) in [7, 11) is 0. The SMILES string of the molecule is CC(C)(C(=O)N1CCN(C(=O)Cc2cccc(F)c2)CC1)c1ccccc1. The van der Waals surface area contributed by atoms with Crippen LogP contribution >= 0.6 is 0 Å². The number of halogens is 1. The zero-order valence-corrected chi connectivity index (χ0v) is 15.8. The van der Waals surface area contributed by atoms with E-state index >= 15 is 0 Å². The van der Waals surface area contributed by atoms with Crippen LogP contribution in [-0.4, -0.2) is 47.8 Å². The van der Waals surface area contributed by atoms with E-state index in [0.29, 0.717) is 31.7 Å². The summed E-state index contributed by atoms with van der Waals surface area (Å²) in [6.07, 6.45) is 0.182. The summed E-state index contributed by atoms with van der Waals surface area (Å²) in [6, 6.07) is 15.9. The lowest BCUT2D eigenvalue weighted by Gasteiger charge is -2.39. The minimum Gasteiger partial charge on any atom is -0.339 e. The predicted molar refractivity (Wildman–Crippen MR) is 103 cm³/mol. The maximum atomic E-state index is 13.3. The van der Waals surface area contributed by atoms with Gasteiger partial charge >= 0.3 is 0 Å². The molecule has 0 spiro atoms. The smallest absolute Gasteiger partial charge is 0.232 e. The highest BCUT2D eigenvalue weighted by molar-refractivity contribution is 5.87. The highest BCUT2D eigenvalue weighted by Gasteiger charge is 2.35. The van der Waals surface area contributed by atoms with Gasteiger partial charge in [0, 0.05) is 26.2 Å². The lowest BCUT2D eigenvalue weighted by Crippen LogP contribution is -2.54. The number of hydrogen-bond donors (Lipinski definition) is 0. The Kier molecular flexibility index (Phi) is 5.59. The van der Waals surface area contributed by atoms with Gasteiger partial charge in [-0.05, 0) is 37.1 Å². The Bertz CT molecular complexity index is 812. The second kappa shape index (κ2) is 7.91. The Morgan fingerprint density at radius 3 is 2.19 bits per heavy atom. The van der Waals surface area contributed by atoms with Crippen LogP contribution in [0.1, 0.15) is 25.0 Å². The van der Waals surface area contributed by atoms with E-state index in [-0.39, 0.29) is 24.1 Å². The fraction of sp³-hybridized carbons (Fsp3) is 0.364. The molecule has 0 saturated carbocycles. The molecule has 3 rings (SSSR count). The van der Waals surface area contributed by atoms with Crippen LogP contribution < -0.4 is 0 Å². The van der Waals surface area contributed by atoms with Gasteiger partial charge in [-0.15, -0.1) is 0 Å². The summed E-state index contributed by atoms with van der Waals surface area (Å²) < 4.78 is 13.3. The summed E-state index contributed by atoms with van der Waals surface area (Å²) in [5.74, 6) is -0.292. The maximum Gasteiger partial charge on any atom is 0.232 e. The summed E-state index contributed by atoms with van der Waals surface area (Å²) in [4.78, 5) is 29.1. The molecule has 0 atom stereocenters. The molecule has 5 heteroatoms. The normalized spacial score (nSPS) is 14.9. The van der Waals surface area contributed by atoms with Gasteiger partial charge in [0.25, 0.3) is 0 Å². The topological polar surface area (TPSA) is 40.6 Å². The Hall–Kier alpha value is -2.69. The highest BCUT2D eigenvalue weighted by Crippen LogP contribution is 2.26. The van der Waals surface area contributed by atoms with E-state index in [0.717, 1.165) is 5.56 Å². The maximum absolute atomic E-state index is 13.3. The number of carbonyl (C=O) groups excluding carboxylic acids is 2. The molecule has 27 heavy (non-hydrogen) atoms. The first-order chi connectivity index (χ1) is 12.9. The van der Waals surface area contributed by atoms with E-state index in [1.165, 1.54) is 12.1 Å². The van der Waals surface area contributed by atoms with Crippen LogP contribution in [0.4, 0.5) is 4.39 Å². The van der Waals surface area contributed by atoms with Gasteiger partial charge in [-0.2, -0.15) is 0 Å². The van der Waals surface area contributed by atoms with Crippen molar-refractivity contribution in [2.24, 2.45) is 0 Å². The van der Waals surface area contributed by atoms with E-state index in [4.69, 9.17) is 0 Å². The first-order valence-corrected chi connectivity index (χ1v) is 9.25. The quantitative estimate of drug-likeness (QED) is 0.832. The van der Waals surface area contributed by atoms with Crippen molar-refractivity contribution < 1.29 is 14.0 Å². The standard InChI is InChI=1S/C22H25FN2O2/c1-22(2,18-8-4-3-5-9-18)21(27)25-13-11-24(12-14-25)20(26)16-17-7-6-10-19(23)15-17/h3-10,15H,11-14,16H2,1-2H3. The number of hydrogen-bond acceptors (Lipinski definition) is 2. The average molecular weight is 368 g/mol. The van der Waals surface area contributed by atoms with Crippen LogP contribution in [0.3, 0.4) is 0 Å². The summed E-state index contributed by atoms with van der Waals surface area (Å²) in [5.41, 5.74) is 1.05. The van der Waals surface area contributed by atoms with Crippen molar-refractivity contribution >= 4 is 11.8 Å². The zero-order chi connectivity index (χ0) is 19.4. The molecule has 1 aliphatic heterocycles. The van der Waals surface area contributed by atoms with E-state index in [1.807, 2.05) is 49.1 Å². The number of nitrogens with zero attached hydrogens (tertiary/aromatic N) is 2. The molecule has 0 bridgehead atoms. The largest absolute Gasteiger partial charge is 0.339 e. The molecule has 0 aliphatic carbocycles. The molecule has 0 N–H and O–H groups in total. The molecule has 1 saturated heterocycles. The molecule has 4 nitrogen and oxygen atoms in total. The second-order valence-corrected chi connectivity index (χ2v) is 7.47. The van der Waals surface area contributed by atoms with Crippen molar-refractivity contribution in [1.29, 1.82) is 0 Å². The zero-order valence-electron chi connectivity index (χ0n) is 15.8. The molecule has 0 aromatic heterocycles. The molecule has 142 valence electrons. The van der Waals surface area contributed by atoms with E-state index in [1.54, 1.807) is 17.0 Å². The van der Waals surface area contributed by atoms with Gasteiger partial charge in [-0.1, -0.05) is 42.5 Å². The monoisotopic (exact) mass is 368 g/mol. The van der Waals surface area contributed by atoms with Gasteiger partial charge in [-0.25, -0.2) is 4.39 Å². The molecule has 1 fully saturated rings. The number of amides is 2. The van der Waals surface area contributed by atoms with Crippen LogP contribution in [0.15, 0.2) is 54.6 Å². The molecule has 1 heterocycles. The third-order valence-corrected chi connectivity index (χ3v) is 5.19. The molecule has 2 aromatic carbocycles. The summed E-state index contributed by atoms with van der Waals surface area (Å²) >= 11 is 0. The number of rotatable bonds is 4. The Labute approximate surface area is 159 Å². The van der Waals surface area contributed by atoms with E-state index < -0.39 is 5.41 Å². The first-order valence-electron chi connectivity index (χ1n) is 9.25. The summed E-state index contributed by atoms with van der Waals surface area (Å²) in [5, 5.41) is 0. The van der Waals surface area contributed by atoms with Gasteiger partial charge in [0.15, 0.2) is 0 Å². The Morgan fingerprint density at radius 1 is 0.926 bits per heavy atom. The van der Waals surface area contributed by atoms with Gasteiger partial charge in [0.2, 0.25) is 11.8 Å². The second-order valence-electron chi connectivity index (χ2n) is 7.47. The third-order valence-electron chi connectivity index (χ3n) is 5.19. The highest BCUT2D eigenvalue weighted by atomic mass is 19.1. The van der Waals surface area contributed by atoms with Gasteiger partial charge in [-0.3, -0.25) is 9.59 Å². The van der Waals surface area contributed by atoms with Crippen molar-refractivity contribution in [2.45, 2.75) is 25.7 Å². The fourth-order valence-corrected chi connectivity index (χ4v) is 3.47. The minimum absolute atomic E-state index is 0.0324. The van der Waals surface area contributed by atoms with Gasteiger partial charge < -0.3 is 9.80 Å². The molecule has 0 radical (unpaired) electrons. The number of benzene rings is 2. The lowest BCUT2D eigenvalue weighted by molar-refractivity contribution is -0.142. The number of piperazine rings is 1. The van der Waals surface area contributed by atoms with E-state index in [9.17, 15) is 14.0 Å². The Morgan fingerprint density at radius 2 is 1.56 bits per heavy atom. The van der Waals surface area contributed by atoms with Gasteiger partial charge in [0.05, 0.1) is 11.8 Å². The van der Waals surface area contributed by atoms with Crippen LogP contribution in [0.2, 0.25) is 0 Å². The fourth-order valence-electron chi connectivity index (χ4n) is 3.47.